The normalized spacial score (nSPS) is 25.4. The molecular weight excluding hydrogens is 412 g/mol. The van der Waals surface area contributed by atoms with E-state index in [2.05, 4.69) is 10.6 Å². The lowest BCUT2D eigenvalue weighted by Crippen LogP contribution is -2.31. The summed E-state index contributed by atoms with van der Waals surface area (Å²) in [5, 5.41) is 5.68. The van der Waals surface area contributed by atoms with Gasteiger partial charge in [-0.25, -0.2) is 0 Å². The SMILES string of the molecule is CCOC(=O)CCNC(=O)CC1=C2C(CC1)C1CC(CC(=O)NCCC(=O)OCC)C2C1. The summed E-state index contributed by atoms with van der Waals surface area (Å²) in [6.45, 7) is 4.82. The molecule has 0 aromatic rings. The van der Waals surface area contributed by atoms with E-state index >= 15 is 0 Å². The molecule has 2 fully saturated rings. The fraction of sp³-hybridized carbons (Fsp3) is 0.750. The van der Waals surface area contributed by atoms with Crippen molar-refractivity contribution in [3.05, 3.63) is 11.1 Å². The Bertz CT molecular complexity index is 762. The van der Waals surface area contributed by atoms with Gasteiger partial charge in [0.05, 0.1) is 26.1 Å². The van der Waals surface area contributed by atoms with Crippen LogP contribution in [0.1, 0.15) is 65.2 Å². The maximum absolute atomic E-state index is 12.4. The first-order chi connectivity index (χ1) is 15.4. The summed E-state index contributed by atoms with van der Waals surface area (Å²) in [6, 6.07) is 0. The number of hydrogen-bond donors (Lipinski definition) is 2. The van der Waals surface area contributed by atoms with E-state index in [1.54, 1.807) is 13.8 Å². The van der Waals surface area contributed by atoms with Crippen molar-refractivity contribution in [3.8, 4) is 0 Å². The second-order valence-electron chi connectivity index (χ2n) is 8.99. The molecule has 4 unspecified atom stereocenters. The molecule has 0 aliphatic heterocycles. The Morgan fingerprint density at radius 1 is 0.875 bits per heavy atom. The van der Waals surface area contributed by atoms with Gasteiger partial charge >= 0.3 is 11.9 Å². The maximum Gasteiger partial charge on any atom is 0.307 e. The van der Waals surface area contributed by atoms with Crippen molar-refractivity contribution in [3.63, 3.8) is 0 Å². The number of hydrogen-bond acceptors (Lipinski definition) is 6. The number of esters is 2. The van der Waals surface area contributed by atoms with E-state index in [-0.39, 0.29) is 36.6 Å². The Morgan fingerprint density at radius 3 is 2.12 bits per heavy atom. The van der Waals surface area contributed by atoms with E-state index in [9.17, 15) is 19.2 Å². The maximum atomic E-state index is 12.4. The second kappa shape index (κ2) is 11.5. The van der Waals surface area contributed by atoms with Crippen molar-refractivity contribution in [2.45, 2.75) is 65.2 Å². The quantitative estimate of drug-likeness (QED) is 0.350. The van der Waals surface area contributed by atoms with E-state index < -0.39 is 0 Å². The molecule has 2 bridgehead atoms. The molecule has 178 valence electrons. The van der Waals surface area contributed by atoms with E-state index in [0.29, 0.717) is 62.8 Å². The predicted molar refractivity (Wildman–Crippen MR) is 117 cm³/mol. The number of nitrogens with one attached hydrogen (secondary N) is 2. The summed E-state index contributed by atoms with van der Waals surface area (Å²) in [5.74, 6) is 1.25. The Balaban J connectivity index is 1.47. The van der Waals surface area contributed by atoms with Crippen molar-refractivity contribution in [2.24, 2.45) is 23.7 Å². The van der Waals surface area contributed by atoms with E-state index in [1.165, 1.54) is 11.1 Å². The van der Waals surface area contributed by atoms with Gasteiger partial charge in [0.25, 0.3) is 0 Å². The van der Waals surface area contributed by atoms with E-state index in [4.69, 9.17) is 9.47 Å². The summed E-state index contributed by atoms with van der Waals surface area (Å²) >= 11 is 0. The molecule has 0 heterocycles. The van der Waals surface area contributed by atoms with Crippen LogP contribution in [-0.4, -0.2) is 50.1 Å². The number of carbonyl (C=O) groups excluding carboxylic acids is 4. The summed E-state index contributed by atoms with van der Waals surface area (Å²) < 4.78 is 9.77. The van der Waals surface area contributed by atoms with E-state index in [0.717, 1.165) is 25.7 Å². The van der Waals surface area contributed by atoms with Crippen molar-refractivity contribution in [1.29, 1.82) is 0 Å². The number of ether oxygens (including phenoxy) is 2. The third-order valence-corrected chi connectivity index (χ3v) is 7.00. The van der Waals surface area contributed by atoms with Crippen LogP contribution in [0.2, 0.25) is 0 Å². The zero-order valence-corrected chi connectivity index (χ0v) is 19.2. The van der Waals surface area contributed by atoms with Crippen molar-refractivity contribution in [2.75, 3.05) is 26.3 Å². The monoisotopic (exact) mass is 448 g/mol. The number of allylic oxidation sites excluding steroid dienone is 1. The molecule has 0 aromatic carbocycles. The standard InChI is InChI=1S/C24H36N2O6/c1-3-31-22(29)7-9-25-20(27)13-15-5-6-18-16-11-17(19(12-16)24(15)18)14-21(28)26-10-8-23(30)32-4-2/h16-19H,3-14H2,1-2H3,(H,25,27)(H,26,28). The summed E-state index contributed by atoms with van der Waals surface area (Å²) in [6.07, 6.45) is 5.50. The van der Waals surface area contributed by atoms with Gasteiger partial charge in [0.15, 0.2) is 0 Å². The van der Waals surface area contributed by atoms with Crippen LogP contribution in [0.5, 0.6) is 0 Å². The minimum atomic E-state index is -0.299. The highest BCUT2D eigenvalue weighted by molar-refractivity contribution is 5.80. The number of amides is 2. The van der Waals surface area contributed by atoms with Crippen LogP contribution in [0.3, 0.4) is 0 Å². The van der Waals surface area contributed by atoms with Gasteiger partial charge in [-0.15, -0.1) is 0 Å². The van der Waals surface area contributed by atoms with Crippen molar-refractivity contribution >= 4 is 23.8 Å². The average molecular weight is 449 g/mol. The van der Waals surface area contributed by atoms with Crippen molar-refractivity contribution < 1.29 is 28.7 Å². The van der Waals surface area contributed by atoms with Gasteiger partial charge in [0, 0.05) is 25.9 Å². The largest absolute Gasteiger partial charge is 0.466 e. The van der Waals surface area contributed by atoms with Gasteiger partial charge in [0.1, 0.15) is 0 Å². The minimum Gasteiger partial charge on any atom is -0.466 e. The van der Waals surface area contributed by atoms with Gasteiger partial charge in [-0.3, -0.25) is 19.2 Å². The highest BCUT2D eigenvalue weighted by Crippen LogP contribution is 2.61. The molecule has 2 saturated carbocycles. The summed E-state index contributed by atoms with van der Waals surface area (Å²) in [5.41, 5.74) is 2.68. The fourth-order valence-corrected chi connectivity index (χ4v) is 5.85. The van der Waals surface area contributed by atoms with Gasteiger partial charge in [-0.2, -0.15) is 0 Å². The fourth-order valence-electron chi connectivity index (χ4n) is 5.85. The van der Waals surface area contributed by atoms with Crippen LogP contribution in [0.15, 0.2) is 11.1 Å². The molecule has 3 aliphatic rings. The van der Waals surface area contributed by atoms with Gasteiger partial charge in [-0.05, 0) is 63.2 Å². The van der Waals surface area contributed by atoms with Crippen LogP contribution < -0.4 is 10.6 Å². The first kappa shape index (κ1) is 24.3. The molecule has 4 atom stereocenters. The molecule has 8 nitrogen and oxygen atoms in total. The minimum absolute atomic E-state index is 0.0137. The van der Waals surface area contributed by atoms with Crippen molar-refractivity contribution in [1.82, 2.24) is 10.6 Å². The van der Waals surface area contributed by atoms with Gasteiger partial charge in [-0.1, -0.05) is 11.1 Å². The molecule has 0 spiro atoms. The lowest BCUT2D eigenvalue weighted by Gasteiger charge is -2.28. The molecular formula is C24H36N2O6. The Kier molecular flexibility index (Phi) is 8.70. The zero-order valence-electron chi connectivity index (χ0n) is 19.2. The summed E-state index contributed by atoms with van der Waals surface area (Å²) in [4.78, 5) is 47.7. The Morgan fingerprint density at radius 2 is 1.50 bits per heavy atom. The zero-order chi connectivity index (χ0) is 23.1. The van der Waals surface area contributed by atoms with Crippen LogP contribution in [0, 0.1) is 23.7 Å². The molecule has 0 radical (unpaired) electrons. The second-order valence-corrected chi connectivity index (χ2v) is 8.99. The highest BCUT2D eigenvalue weighted by Gasteiger charge is 2.52. The smallest absolute Gasteiger partial charge is 0.307 e. The molecule has 32 heavy (non-hydrogen) atoms. The molecule has 3 rings (SSSR count). The lowest BCUT2D eigenvalue weighted by molar-refractivity contribution is -0.144. The summed E-state index contributed by atoms with van der Waals surface area (Å²) in [7, 11) is 0. The van der Waals surface area contributed by atoms with E-state index in [1.807, 2.05) is 0 Å². The van der Waals surface area contributed by atoms with Crippen LogP contribution in [-0.2, 0) is 28.7 Å². The predicted octanol–water partition coefficient (Wildman–Crippen LogP) is 2.27. The molecule has 2 N–H and O–H groups in total. The lowest BCUT2D eigenvalue weighted by atomic mass is 9.77. The van der Waals surface area contributed by atoms with Gasteiger partial charge in [0.2, 0.25) is 11.8 Å². The number of rotatable bonds is 12. The molecule has 3 aliphatic carbocycles. The average Bonchev–Trinajstić information content (AvgIpc) is 3.41. The van der Waals surface area contributed by atoms with Gasteiger partial charge < -0.3 is 20.1 Å². The first-order valence-corrected chi connectivity index (χ1v) is 12.0. The van der Waals surface area contributed by atoms with Crippen LogP contribution in [0.4, 0.5) is 0 Å². The third-order valence-electron chi connectivity index (χ3n) is 7.00. The Hall–Kier alpha value is -2.38. The molecule has 2 amide bonds. The third kappa shape index (κ3) is 6.11. The topological polar surface area (TPSA) is 111 Å². The number of fused-ring (bicyclic) bond motifs is 5. The highest BCUT2D eigenvalue weighted by atomic mass is 16.5. The molecule has 0 aromatic heterocycles. The number of carbonyl (C=O) groups is 4. The Labute approximate surface area is 189 Å². The molecule has 0 saturated heterocycles. The van der Waals surface area contributed by atoms with Crippen LogP contribution in [0.25, 0.3) is 0 Å². The van der Waals surface area contributed by atoms with Crippen LogP contribution >= 0.6 is 0 Å². The first-order valence-electron chi connectivity index (χ1n) is 12.0. The molecule has 8 heteroatoms.